The van der Waals surface area contributed by atoms with Gasteiger partial charge in [0.15, 0.2) is 0 Å². The number of amides is 3. The fraction of sp³-hybridized carbons (Fsp3) is 0.409. The molecule has 3 aliphatic rings. The number of hydrogen-bond donors (Lipinski definition) is 2. The van der Waals surface area contributed by atoms with E-state index in [0.29, 0.717) is 0 Å². The quantitative estimate of drug-likeness (QED) is 0.679. The van der Waals surface area contributed by atoms with Crippen LogP contribution >= 0.6 is 0 Å². The normalized spacial score (nSPS) is 33.5. The summed E-state index contributed by atoms with van der Waals surface area (Å²) >= 11 is 0. The van der Waals surface area contributed by atoms with Gasteiger partial charge in [0.2, 0.25) is 17.7 Å². The molecule has 2 fully saturated rings. The van der Waals surface area contributed by atoms with Crippen LogP contribution in [0.4, 0.5) is 4.39 Å². The van der Waals surface area contributed by atoms with Gasteiger partial charge in [-0.05, 0) is 24.6 Å². The van der Waals surface area contributed by atoms with Gasteiger partial charge in [0.1, 0.15) is 17.5 Å². The summed E-state index contributed by atoms with van der Waals surface area (Å²) in [4.78, 5) is 40.6. The van der Waals surface area contributed by atoms with E-state index in [1.54, 1.807) is 37.3 Å². The number of carbonyl (C=O) groups is 3. The first-order valence-electron chi connectivity index (χ1n) is 9.83. The molecule has 30 heavy (non-hydrogen) atoms. The van der Waals surface area contributed by atoms with Crippen LogP contribution in [0.2, 0.25) is 0 Å². The van der Waals surface area contributed by atoms with Crippen LogP contribution < -0.4 is 10.6 Å². The number of carbonyl (C=O) groups excluding carboxylic acids is 3. The third-order valence-corrected chi connectivity index (χ3v) is 6.28. The minimum Gasteiger partial charge on any atom is -0.359 e. The van der Waals surface area contributed by atoms with E-state index < -0.39 is 35.0 Å². The highest BCUT2D eigenvalue weighted by molar-refractivity contribution is 6.00. The molecule has 3 aliphatic heterocycles. The predicted octanol–water partition coefficient (Wildman–Crippen LogP) is 0.915. The summed E-state index contributed by atoms with van der Waals surface area (Å²) in [7, 11) is 1.52. The number of nitrogens with zero attached hydrogens (tertiary/aromatic N) is 1. The molecule has 8 heteroatoms. The SMILES string of the molecule is C=CCN1C(=O)[C@@H]2[C@H](C(=O)NC)[C@@]3(C)C=C[C@]2(O3)[C@H]1C(=O)NCc1ccc(F)cc1. The molecule has 3 heterocycles. The zero-order valence-electron chi connectivity index (χ0n) is 16.9. The van der Waals surface area contributed by atoms with E-state index in [9.17, 15) is 18.8 Å². The van der Waals surface area contributed by atoms with Gasteiger partial charge < -0.3 is 20.3 Å². The number of nitrogens with one attached hydrogen (secondary N) is 2. The van der Waals surface area contributed by atoms with Gasteiger partial charge in [0.25, 0.3) is 0 Å². The summed E-state index contributed by atoms with van der Waals surface area (Å²) in [6, 6.07) is 4.86. The lowest BCUT2D eigenvalue weighted by molar-refractivity contribution is -0.144. The first-order valence-corrected chi connectivity index (χ1v) is 9.83. The lowest BCUT2D eigenvalue weighted by Crippen LogP contribution is -2.54. The van der Waals surface area contributed by atoms with Crippen LogP contribution in [0, 0.1) is 17.7 Å². The zero-order chi connectivity index (χ0) is 21.7. The molecule has 2 N–H and O–H groups in total. The molecular weight excluding hydrogens is 389 g/mol. The number of rotatable bonds is 6. The third-order valence-electron chi connectivity index (χ3n) is 6.28. The molecule has 7 nitrogen and oxygen atoms in total. The molecule has 1 aromatic rings. The molecule has 0 saturated carbocycles. The highest BCUT2D eigenvalue weighted by Crippen LogP contribution is 2.59. The van der Waals surface area contributed by atoms with Crippen molar-refractivity contribution >= 4 is 17.7 Å². The molecule has 158 valence electrons. The van der Waals surface area contributed by atoms with Gasteiger partial charge in [-0.1, -0.05) is 30.4 Å². The zero-order valence-corrected chi connectivity index (χ0v) is 16.9. The van der Waals surface area contributed by atoms with Gasteiger partial charge in [0.05, 0.1) is 17.4 Å². The van der Waals surface area contributed by atoms with E-state index in [4.69, 9.17) is 4.74 Å². The second-order valence-electron chi connectivity index (χ2n) is 8.07. The molecule has 5 atom stereocenters. The van der Waals surface area contributed by atoms with Crippen LogP contribution in [0.15, 0.2) is 49.1 Å². The maximum atomic E-state index is 13.3. The van der Waals surface area contributed by atoms with Crippen molar-refractivity contribution in [3.63, 3.8) is 0 Å². The molecule has 1 aromatic carbocycles. The van der Waals surface area contributed by atoms with Crippen LogP contribution in [-0.2, 0) is 25.7 Å². The number of benzene rings is 1. The molecule has 1 spiro atoms. The van der Waals surface area contributed by atoms with Crippen LogP contribution in [0.3, 0.4) is 0 Å². The van der Waals surface area contributed by atoms with Crippen LogP contribution in [0.5, 0.6) is 0 Å². The molecule has 2 bridgehead atoms. The van der Waals surface area contributed by atoms with Gasteiger partial charge in [-0.3, -0.25) is 14.4 Å². The van der Waals surface area contributed by atoms with Crippen molar-refractivity contribution in [1.29, 1.82) is 0 Å². The van der Waals surface area contributed by atoms with E-state index >= 15 is 0 Å². The van der Waals surface area contributed by atoms with Gasteiger partial charge >= 0.3 is 0 Å². The Labute approximate surface area is 173 Å². The van der Waals surface area contributed by atoms with Crippen LogP contribution in [-0.4, -0.2) is 53.5 Å². The largest absolute Gasteiger partial charge is 0.359 e. The van der Waals surface area contributed by atoms with E-state index in [2.05, 4.69) is 17.2 Å². The van der Waals surface area contributed by atoms with E-state index in [0.717, 1.165) is 5.56 Å². The second kappa shape index (κ2) is 7.05. The Morgan fingerprint density at radius 1 is 1.27 bits per heavy atom. The molecule has 3 amide bonds. The first-order chi connectivity index (χ1) is 14.3. The Hall–Kier alpha value is -3.00. The van der Waals surface area contributed by atoms with Gasteiger partial charge in [-0.25, -0.2) is 4.39 Å². The molecule has 0 aliphatic carbocycles. The van der Waals surface area contributed by atoms with Crippen molar-refractivity contribution in [2.45, 2.75) is 30.7 Å². The summed E-state index contributed by atoms with van der Waals surface area (Å²) in [5.74, 6) is -2.90. The highest BCUT2D eigenvalue weighted by Gasteiger charge is 2.75. The first kappa shape index (κ1) is 20.3. The van der Waals surface area contributed by atoms with Gasteiger partial charge in [-0.2, -0.15) is 0 Å². The summed E-state index contributed by atoms with van der Waals surface area (Å²) < 4.78 is 19.4. The maximum Gasteiger partial charge on any atom is 0.246 e. The monoisotopic (exact) mass is 413 g/mol. The third kappa shape index (κ3) is 2.78. The minimum atomic E-state index is -1.22. The number of likely N-dealkylation sites (tertiary alicyclic amines) is 1. The lowest BCUT2D eigenvalue weighted by Gasteiger charge is -2.32. The molecular formula is C22H24FN3O4. The number of ether oxygens (including phenoxy) is 1. The maximum absolute atomic E-state index is 13.3. The Morgan fingerprint density at radius 2 is 1.97 bits per heavy atom. The van der Waals surface area contributed by atoms with Crippen molar-refractivity contribution in [3.05, 3.63) is 60.5 Å². The van der Waals surface area contributed by atoms with Gasteiger partial charge in [-0.15, -0.1) is 6.58 Å². The second-order valence-corrected chi connectivity index (χ2v) is 8.07. The Morgan fingerprint density at radius 3 is 2.60 bits per heavy atom. The van der Waals surface area contributed by atoms with Gasteiger partial charge in [0, 0.05) is 20.1 Å². The minimum absolute atomic E-state index is 0.153. The molecule has 0 aromatic heterocycles. The Bertz CT molecular complexity index is 946. The Kier molecular flexibility index (Phi) is 4.77. The molecule has 0 unspecified atom stereocenters. The number of halogens is 1. The number of hydrogen-bond acceptors (Lipinski definition) is 4. The van der Waals surface area contributed by atoms with E-state index in [-0.39, 0.29) is 30.7 Å². The van der Waals surface area contributed by atoms with Crippen molar-refractivity contribution in [1.82, 2.24) is 15.5 Å². The molecule has 4 rings (SSSR count). The molecule has 0 radical (unpaired) electrons. The van der Waals surface area contributed by atoms with Crippen LogP contribution in [0.1, 0.15) is 12.5 Å². The average molecular weight is 413 g/mol. The fourth-order valence-electron chi connectivity index (χ4n) is 5.01. The lowest BCUT2D eigenvalue weighted by atomic mass is 9.70. The predicted molar refractivity (Wildman–Crippen MR) is 106 cm³/mol. The number of fused-ring (bicyclic) bond motifs is 1. The summed E-state index contributed by atoms with van der Waals surface area (Å²) in [5.41, 5.74) is -1.46. The van der Waals surface area contributed by atoms with Crippen molar-refractivity contribution in [2.75, 3.05) is 13.6 Å². The Balaban J connectivity index is 1.66. The van der Waals surface area contributed by atoms with Crippen molar-refractivity contribution in [3.8, 4) is 0 Å². The van der Waals surface area contributed by atoms with E-state index in [1.807, 2.05) is 0 Å². The summed E-state index contributed by atoms with van der Waals surface area (Å²) in [6.07, 6.45) is 5.07. The van der Waals surface area contributed by atoms with Crippen LogP contribution in [0.25, 0.3) is 0 Å². The summed E-state index contributed by atoms with van der Waals surface area (Å²) in [5, 5.41) is 5.44. The highest BCUT2D eigenvalue weighted by atomic mass is 19.1. The summed E-state index contributed by atoms with van der Waals surface area (Å²) in [6.45, 7) is 5.78. The topological polar surface area (TPSA) is 87.7 Å². The van der Waals surface area contributed by atoms with E-state index in [1.165, 1.54) is 24.1 Å². The van der Waals surface area contributed by atoms with Crippen molar-refractivity contribution in [2.24, 2.45) is 11.8 Å². The fourth-order valence-corrected chi connectivity index (χ4v) is 5.01. The smallest absolute Gasteiger partial charge is 0.246 e. The molecule has 2 saturated heterocycles. The van der Waals surface area contributed by atoms with Crippen molar-refractivity contribution < 1.29 is 23.5 Å². The average Bonchev–Trinajstić information content (AvgIpc) is 3.28. The standard InChI is InChI=1S/C22H24FN3O4/c1-4-11-26-17(19(28)25-12-13-5-7-14(23)8-6-13)22-10-9-21(2,30-22)15(18(27)24-3)16(22)20(26)29/h4-10,15-17H,1,11-12H2,2-3H3,(H,24,27)(H,25,28)/t15-,16+,17-,21-,22-/m1/s1.